The number of aliphatic hydroxyl groups excluding tert-OH is 1. The largest absolute Gasteiger partial charge is 0.472 e. The molecule has 0 aliphatic rings. The van der Waals surface area contributed by atoms with Gasteiger partial charge in [-0.3, -0.25) is 37.3 Å². The van der Waals surface area contributed by atoms with Gasteiger partial charge in [0.15, 0.2) is 12.2 Å². The maximum Gasteiger partial charge on any atom is 0.472 e. The van der Waals surface area contributed by atoms with Crippen LogP contribution in [0.3, 0.4) is 0 Å². The van der Waals surface area contributed by atoms with Gasteiger partial charge in [0.1, 0.15) is 19.3 Å². The summed E-state index contributed by atoms with van der Waals surface area (Å²) < 4.78 is 68.2. The van der Waals surface area contributed by atoms with Crippen LogP contribution < -0.4 is 0 Å². The second-order valence-corrected chi connectivity index (χ2v) is 28.7. The molecule has 0 aliphatic carbocycles. The van der Waals surface area contributed by atoms with Gasteiger partial charge < -0.3 is 33.8 Å². The Balaban J connectivity index is 5.29. The average molecular weight is 1310 g/mol. The molecule has 0 amide bonds. The van der Waals surface area contributed by atoms with Crippen LogP contribution in [0.25, 0.3) is 0 Å². The summed E-state index contributed by atoms with van der Waals surface area (Å²) >= 11 is 0. The Morgan fingerprint density at radius 3 is 1.00 bits per heavy atom. The van der Waals surface area contributed by atoms with Crippen molar-refractivity contribution >= 4 is 39.5 Å². The highest BCUT2D eigenvalue weighted by atomic mass is 31.2. The SMILES string of the molecule is CCCCCC/C=C\C=C/CCCCCCCC(=O)O[C@H](COC(=O)CCCCCCCCCC(C)C)COP(=O)(O)OCC(O)COP(=O)(O)OC[C@@H](COC(=O)CCCCCCCCC(C)CC)OC(=O)CCCCCCCCCCCCCC(C)C. The van der Waals surface area contributed by atoms with Crippen molar-refractivity contribution in [2.24, 2.45) is 17.8 Å². The zero-order valence-corrected chi connectivity index (χ0v) is 59.2. The highest BCUT2D eigenvalue weighted by Gasteiger charge is 2.30. The summed E-state index contributed by atoms with van der Waals surface area (Å²) in [4.78, 5) is 72.5. The molecular weight excluding hydrogens is 1170 g/mol. The van der Waals surface area contributed by atoms with Crippen LogP contribution in [0.2, 0.25) is 0 Å². The van der Waals surface area contributed by atoms with E-state index in [9.17, 15) is 43.2 Å². The molecular formula is C70H132O17P2. The van der Waals surface area contributed by atoms with Crippen LogP contribution in [0.4, 0.5) is 0 Å². The van der Waals surface area contributed by atoms with Crippen LogP contribution in [0.1, 0.15) is 325 Å². The van der Waals surface area contributed by atoms with Crippen molar-refractivity contribution in [1.29, 1.82) is 0 Å². The quantitative estimate of drug-likeness (QED) is 0.0169. The molecule has 19 heteroatoms. The number of ether oxygens (including phenoxy) is 4. The number of phosphoric acid groups is 2. The van der Waals surface area contributed by atoms with E-state index in [0.717, 1.165) is 127 Å². The maximum absolute atomic E-state index is 13.0. The molecule has 0 saturated heterocycles. The standard InChI is InChI=1S/C70H132O17P2/c1-8-10-11-12-13-14-15-16-17-18-21-24-29-39-46-53-69(74)86-65(57-80-67(72)51-44-37-31-26-28-35-42-49-62(5)6)59-84-88(76,77)82-55-64(71)56-83-89(78,79)85-60-66(58-81-68(73)52-45-38-33-32-36-43-50-63(7)9-2)87-70(75)54-47-40-30-25-22-19-20-23-27-34-41-48-61(3)4/h14-17,61-66,71H,8-13,18-60H2,1-7H3,(H,76,77)(H,78,79)/b15-14-,17-16-/t63?,64?,65-,66-/m1/s1. The number of esters is 4. The first-order valence-corrected chi connectivity index (χ1v) is 38.7. The number of allylic oxidation sites excluding steroid dienone is 4. The highest BCUT2D eigenvalue weighted by molar-refractivity contribution is 7.47. The molecule has 0 aromatic heterocycles. The molecule has 0 bridgehead atoms. The summed E-state index contributed by atoms with van der Waals surface area (Å²) in [7, 11) is -9.91. The van der Waals surface area contributed by atoms with Crippen LogP contribution in [0, 0.1) is 17.8 Å². The zero-order valence-electron chi connectivity index (χ0n) is 57.4. The van der Waals surface area contributed by atoms with Crippen LogP contribution >= 0.6 is 15.6 Å². The van der Waals surface area contributed by atoms with Gasteiger partial charge in [-0.25, -0.2) is 9.13 Å². The molecule has 3 N–H and O–H groups in total. The molecule has 0 fully saturated rings. The van der Waals surface area contributed by atoms with Crippen LogP contribution in [0.15, 0.2) is 24.3 Å². The van der Waals surface area contributed by atoms with E-state index in [1.807, 2.05) is 0 Å². The lowest BCUT2D eigenvalue weighted by atomic mass is 10.00. The number of carbonyl (C=O) groups is 4. The molecule has 6 atom stereocenters. The fourth-order valence-electron chi connectivity index (χ4n) is 9.97. The van der Waals surface area contributed by atoms with Crippen LogP contribution in [0.5, 0.6) is 0 Å². The Bertz CT molecular complexity index is 1840. The fraction of sp³-hybridized carbons (Fsp3) is 0.886. The molecule has 0 spiro atoms. The molecule has 0 aliphatic heterocycles. The van der Waals surface area contributed by atoms with Gasteiger partial charge in [-0.05, 0) is 69.1 Å². The Labute approximate surface area is 542 Å². The topological polar surface area (TPSA) is 237 Å². The van der Waals surface area contributed by atoms with E-state index in [4.69, 9.17) is 37.0 Å². The van der Waals surface area contributed by atoms with Gasteiger partial charge in [0.2, 0.25) is 0 Å². The summed E-state index contributed by atoms with van der Waals surface area (Å²) in [6, 6.07) is 0. The lowest BCUT2D eigenvalue weighted by Crippen LogP contribution is -2.30. The van der Waals surface area contributed by atoms with Crippen molar-refractivity contribution in [1.82, 2.24) is 0 Å². The second kappa shape index (κ2) is 60.5. The minimum Gasteiger partial charge on any atom is -0.462 e. The number of carbonyl (C=O) groups excluding carboxylic acids is 4. The second-order valence-electron chi connectivity index (χ2n) is 25.8. The number of phosphoric ester groups is 2. The van der Waals surface area contributed by atoms with Gasteiger partial charge >= 0.3 is 39.5 Å². The molecule has 4 unspecified atom stereocenters. The molecule has 0 radical (unpaired) electrons. The van der Waals surface area contributed by atoms with Gasteiger partial charge in [-0.2, -0.15) is 0 Å². The Hall–Kier alpha value is -2.46. The average Bonchev–Trinajstić information content (AvgIpc) is 3.70. The highest BCUT2D eigenvalue weighted by Crippen LogP contribution is 2.45. The van der Waals surface area contributed by atoms with E-state index in [1.54, 1.807) is 0 Å². The van der Waals surface area contributed by atoms with Crippen molar-refractivity contribution < 1.29 is 80.2 Å². The number of hydrogen-bond acceptors (Lipinski definition) is 15. The van der Waals surface area contributed by atoms with Gasteiger partial charge in [-0.15, -0.1) is 0 Å². The third-order valence-corrected chi connectivity index (χ3v) is 17.8. The summed E-state index contributed by atoms with van der Waals surface area (Å²) in [6.45, 7) is 11.7. The van der Waals surface area contributed by atoms with Crippen molar-refractivity contribution in [2.75, 3.05) is 39.6 Å². The monoisotopic (exact) mass is 1310 g/mol. The van der Waals surface area contributed by atoms with E-state index in [0.29, 0.717) is 31.6 Å². The summed E-state index contributed by atoms with van der Waals surface area (Å²) in [5, 5.41) is 10.6. The molecule has 0 heterocycles. The van der Waals surface area contributed by atoms with Crippen LogP contribution in [-0.4, -0.2) is 96.7 Å². The van der Waals surface area contributed by atoms with Crippen molar-refractivity contribution in [3.8, 4) is 0 Å². The minimum absolute atomic E-state index is 0.0837. The Morgan fingerprint density at radius 2 is 0.663 bits per heavy atom. The smallest absolute Gasteiger partial charge is 0.462 e. The van der Waals surface area contributed by atoms with Crippen molar-refractivity contribution in [3.63, 3.8) is 0 Å². The number of hydrogen-bond donors (Lipinski definition) is 3. The van der Waals surface area contributed by atoms with E-state index in [1.165, 1.54) is 109 Å². The molecule has 17 nitrogen and oxygen atoms in total. The normalized spacial score (nSPS) is 14.7. The molecule has 0 aromatic rings. The predicted octanol–water partition coefficient (Wildman–Crippen LogP) is 19.4. The fourth-order valence-corrected chi connectivity index (χ4v) is 11.5. The lowest BCUT2D eigenvalue weighted by Gasteiger charge is -2.21. The minimum atomic E-state index is -4.96. The van der Waals surface area contributed by atoms with E-state index in [2.05, 4.69) is 72.8 Å². The molecule has 524 valence electrons. The third kappa shape index (κ3) is 62.7. The predicted molar refractivity (Wildman–Crippen MR) is 358 cm³/mol. The molecule has 0 saturated carbocycles. The number of rotatable bonds is 66. The van der Waals surface area contributed by atoms with Gasteiger partial charge in [0.25, 0.3) is 0 Å². The molecule has 0 aromatic carbocycles. The molecule has 89 heavy (non-hydrogen) atoms. The zero-order chi connectivity index (χ0) is 65.9. The number of unbranched alkanes of at least 4 members (excludes halogenated alkanes) is 30. The number of aliphatic hydroxyl groups is 1. The first-order chi connectivity index (χ1) is 42.8. The van der Waals surface area contributed by atoms with E-state index < -0.39 is 97.5 Å². The van der Waals surface area contributed by atoms with Crippen molar-refractivity contribution in [2.45, 2.75) is 343 Å². The first kappa shape index (κ1) is 86.5. The third-order valence-electron chi connectivity index (χ3n) is 15.9. The van der Waals surface area contributed by atoms with Gasteiger partial charge in [0, 0.05) is 25.7 Å². The van der Waals surface area contributed by atoms with Gasteiger partial charge in [-0.1, -0.05) is 272 Å². The maximum atomic E-state index is 13.0. The van der Waals surface area contributed by atoms with Crippen molar-refractivity contribution in [3.05, 3.63) is 24.3 Å². The Morgan fingerprint density at radius 1 is 0.371 bits per heavy atom. The Kier molecular flexibility index (Phi) is 58.8. The van der Waals surface area contributed by atoms with Gasteiger partial charge in [0.05, 0.1) is 26.4 Å². The summed E-state index contributed by atoms with van der Waals surface area (Å²) in [5.41, 5.74) is 0. The van der Waals surface area contributed by atoms with E-state index >= 15 is 0 Å². The van der Waals surface area contributed by atoms with Crippen LogP contribution in [-0.2, 0) is 65.4 Å². The summed E-state index contributed by atoms with van der Waals surface area (Å²) in [6.07, 6.45) is 46.7. The lowest BCUT2D eigenvalue weighted by molar-refractivity contribution is -0.161. The summed E-state index contributed by atoms with van der Waals surface area (Å²) in [5.74, 6) is 0.0352. The molecule has 0 rings (SSSR count). The van der Waals surface area contributed by atoms with E-state index in [-0.39, 0.29) is 25.7 Å². The first-order valence-electron chi connectivity index (χ1n) is 35.7.